The molecule has 2 atom stereocenters. The first kappa shape index (κ1) is 16.8. The maximum atomic E-state index is 12.3. The van der Waals surface area contributed by atoms with E-state index in [1.54, 1.807) is 36.3 Å². The molecular weight excluding hydrogens is 332 g/mol. The van der Waals surface area contributed by atoms with Crippen LogP contribution in [-0.4, -0.2) is 51.4 Å². The number of anilines is 1. The van der Waals surface area contributed by atoms with Gasteiger partial charge in [-0.15, -0.1) is 0 Å². The van der Waals surface area contributed by atoms with Gasteiger partial charge in [0.2, 0.25) is 11.8 Å². The number of amides is 2. The van der Waals surface area contributed by atoms with Crippen LogP contribution < -0.4 is 15.0 Å². The number of sulfone groups is 1. The molecule has 0 aliphatic carbocycles. The van der Waals surface area contributed by atoms with Crippen LogP contribution in [0.15, 0.2) is 24.3 Å². The molecule has 2 heterocycles. The van der Waals surface area contributed by atoms with Gasteiger partial charge < -0.3 is 15.0 Å². The van der Waals surface area contributed by atoms with E-state index < -0.39 is 15.8 Å². The van der Waals surface area contributed by atoms with Crippen LogP contribution in [-0.2, 0) is 19.4 Å². The van der Waals surface area contributed by atoms with E-state index >= 15 is 0 Å². The number of methoxy groups -OCH3 is 1. The summed E-state index contributed by atoms with van der Waals surface area (Å²) in [6.45, 7) is 0.302. The van der Waals surface area contributed by atoms with Gasteiger partial charge in [0, 0.05) is 24.7 Å². The quantitative estimate of drug-likeness (QED) is 0.844. The van der Waals surface area contributed by atoms with Gasteiger partial charge in [-0.1, -0.05) is 0 Å². The van der Waals surface area contributed by atoms with Crippen molar-refractivity contribution >= 4 is 27.3 Å². The minimum atomic E-state index is -3.04. The smallest absolute Gasteiger partial charge is 0.227 e. The summed E-state index contributed by atoms with van der Waals surface area (Å²) in [5.41, 5.74) is 0.722. The molecular formula is C16H20N2O5S. The van der Waals surface area contributed by atoms with Gasteiger partial charge in [0.1, 0.15) is 5.75 Å². The molecule has 0 radical (unpaired) electrons. The SMILES string of the molecule is COc1ccc(N2CC(C(=O)NC3CCS(=O)(=O)C3)CC2=O)cc1. The van der Waals surface area contributed by atoms with Crippen molar-refractivity contribution in [1.29, 1.82) is 0 Å². The molecule has 0 aromatic heterocycles. The van der Waals surface area contributed by atoms with Crippen LogP contribution in [0.2, 0.25) is 0 Å². The molecule has 2 aliphatic heterocycles. The molecule has 2 unspecified atom stereocenters. The standard InChI is InChI=1S/C16H20N2O5S/c1-23-14-4-2-13(3-5-14)18-9-11(8-15(18)19)16(20)17-12-6-7-24(21,22)10-12/h2-5,11-12H,6-10H2,1H3,(H,17,20). The molecule has 2 amide bonds. The van der Waals surface area contributed by atoms with Crippen molar-refractivity contribution in [2.75, 3.05) is 30.1 Å². The zero-order chi connectivity index (χ0) is 17.3. The predicted octanol–water partition coefficient (Wildman–Crippen LogP) is 0.351. The van der Waals surface area contributed by atoms with Gasteiger partial charge in [-0.2, -0.15) is 0 Å². The van der Waals surface area contributed by atoms with Crippen molar-refractivity contribution < 1.29 is 22.7 Å². The maximum Gasteiger partial charge on any atom is 0.227 e. The Morgan fingerprint density at radius 1 is 1.29 bits per heavy atom. The summed E-state index contributed by atoms with van der Waals surface area (Å²) in [5.74, 6) is -0.0212. The van der Waals surface area contributed by atoms with Crippen molar-refractivity contribution in [3.63, 3.8) is 0 Å². The highest BCUT2D eigenvalue weighted by Gasteiger charge is 2.37. The lowest BCUT2D eigenvalue weighted by molar-refractivity contribution is -0.126. The van der Waals surface area contributed by atoms with Crippen LogP contribution in [0.5, 0.6) is 5.75 Å². The molecule has 1 N–H and O–H groups in total. The predicted molar refractivity (Wildman–Crippen MR) is 88.7 cm³/mol. The van der Waals surface area contributed by atoms with Crippen molar-refractivity contribution in [2.45, 2.75) is 18.9 Å². The van der Waals surface area contributed by atoms with Crippen LogP contribution in [0, 0.1) is 5.92 Å². The van der Waals surface area contributed by atoms with Crippen molar-refractivity contribution in [3.05, 3.63) is 24.3 Å². The third kappa shape index (κ3) is 3.53. The van der Waals surface area contributed by atoms with Gasteiger partial charge in [0.05, 0.1) is 24.5 Å². The average Bonchev–Trinajstić information content (AvgIpc) is 3.10. The number of rotatable bonds is 4. The highest BCUT2D eigenvalue weighted by atomic mass is 32.2. The Labute approximate surface area is 140 Å². The molecule has 24 heavy (non-hydrogen) atoms. The van der Waals surface area contributed by atoms with E-state index in [1.165, 1.54) is 0 Å². The number of benzene rings is 1. The fourth-order valence-corrected chi connectivity index (χ4v) is 4.80. The first-order chi connectivity index (χ1) is 11.4. The van der Waals surface area contributed by atoms with Crippen LogP contribution in [0.4, 0.5) is 5.69 Å². The van der Waals surface area contributed by atoms with E-state index in [2.05, 4.69) is 5.32 Å². The highest BCUT2D eigenvalue weighted by molar-refractivity contribution is 7.91. The lowest BCUT2D eigenvalue weighted by Gasteiger charge is -2.18. The lowest BCUT2D eigenvalue weighted by atomic mass is 10.1. The van der Waals surface area contributed by atoms with Crippen LogP contribution >= 0.6 is 0 Å². The molecule has 7 nitrogen and oxygen atoms in total. The summed E-state index contributed by atoms with van der Waals surface area (Å²) < 4.78 is 28.0. The minimum absolute atomic E-state index is 0.0123. The zero-order valence-electron chi connectivity index (χ0n) is 13.4. The first-order valence-corrected chi connectivity index (χ1v) is 9.65. The van der Waals surface area contributed by atoms with E-state index in [-0.39, 0.29) is 35.8 Å². The Balaban J connectivity index is 1.62. The van der Waals surface area contributed by atoms with Crippen molar-refractivity contribution in [2.24, 2.45) is 5.92 Å². The fraction of sp³-hybridized carbons (Fsp3) is 0.500. The largest absolute Gasteiger partial charge is 0.497 e. The van der Waals surface area contributed by atoms with Gasteiger partial charge in [-0.25, -0.2) is 8.42 Å². The van der Waals surface area contributed by atoms with Gasteiger partial charge >= 0.3 is 0 Å². The molecule has 2 fully saturated rings. The Morgan fingerprint density at radius 2 is 2.00 bits per heavy atom. The molecule has 2 saturated heterocycles. The number of carbonyl (C=O) groups is 2. The van der Waals surface area contributed by atoms with E-state index in [0.29, 0.717) is 18.7 Å². The molecule has 130 valence electrons. The molecule has 1 aromatic rings. The number of ether oxygens (including phenoxy) is 1. The number of hydrogen-bond donors (Lipinski definition) is 1. The van der Waals surface area contributed by atoms with Gasteiger partial charge in [0.15, 0.2) is 9.84 Å². The van der Waals surface area contributed by atoms with E-state index in [9.17, 15) is 18.0 Å². The number of hydrogen-bond acceptors (Lipinski definition) is 5. The van der Waals surface area contributed by atoms with Crippen LogP contribution in [0.25, 0.3) is 0 Å². The normalized spacial score (nSPS) is 25.7. The number of nitrogens with zero attached hydrogens (tertiary/aromatic N) is 1. The Hall–Kier alpha value is -2.09. The summed E-state index contributed by atoms with van der Waals surface area (Å²) in [6, 6.07) is 6.74. The monoisotopic (exact) mass is 352 g/mol. The second-order valence-electron chi connectivity index (χ2n) is 6.21. The van der Waals surface area contributed by atoms with Gasteiger partial charge in [-0.3, -0.25) is 9.59 Å². The molecule has 1 aromatic carbocycles. The zero-order valence-corrected chi connectivity index (χ0v) is 14.2. The van der Waals surface area contributed by atoms with Crippen LogP contribution in [0.1, 0.15) is 12.8 Å². The molecule has 0 bridgehead atoms. The summed E-state index contributed by atoms with van der Waals surface area (Å²) in [4.78, 5) is 26.1. The third-order valence-corrected chi connectivity index (χ3v) is 6.23. The highest BCUT2D eigenvalue weighted by Crippen LogP contribution is 2.27. The molecule has 2 aliphatic rings. The lowest BCUT2D eigenvalue weighted by Crippen LogP contribution is -2.40. The van der Waals surface area contributed by atoms with Crippen LogP contribution in [0.3, 0.4) is 0 Å². The average molecular weight is 352 g/mol. The van der Waals surface area contributed by atoms with Gasteiger partial charge in [-0.05, 0) is 30.7 Å². The third-order valence-electron chi connectivity index (χ3n) is 4.46. The van der Waals surface area contributed by atoms with E-state index in [0.717, 1.165) is 5.69 Å². The topological polar surface area (TPSA) is 92.8 Å². The minimum Gasteiger partial charge on any atom is -0.497 e. The van der Waals surface area contributed by atoms with E-state index in [4.69, 9.17) is 4.74 Å². The fourth-order valence-electron chi connectivity index (χ4n) is 3.12. The molecule has 8 heteroatoms. The Bertz CT molecular complexity index is 744. The first-order valence-electron chi connectivity index (χ1n) is 7.83. The van der Waals surface area contributed by atoms with Crippen molar-refractivity contribution in [3.8, 4) is 5.75 Å². The molecule has 3 rings (SSSR count). The molecule has 0 saturated carbocycles. The van der Waals surface area contributed by atoms with Crippen molar-refractivity contribution in [1.82, 2.24) is 5.32 Å². The summed E-state index contributed by atoms with van der Waals surface area (Å²) in [7, 11) is -1.47. The maximum absolute atomic E-state index is 12.3. The second kappa shape index (κ2) is 6.43. The molecule has 0 spiro atoms. The Kier molecular flexibility index (Phi) is 4.49. The number of nitrogens with one attached hydrogen (secondary N) is 1. The summed E-state index contributed by atoms with van der Waals surface area (Å²) in [6.07, 6.45) is 0.578. The van der Waals surface area contributed by atoms with E-state index in [1.807, 2.05) is 0 Å². The second-order valence-corrected chi connectivity index (χ2v) is 8.44. The summed E-state index contributed by atoms with van der Waals surface area (Å²) in [5, 5.41) is 2.77. The van der Waals surface area contributed by atoms with Gasteiger partial charge in [0.25, 0.3) is 0 Å². The number of carbonyl (C=O) groups excluding carboxylic acids is 2. The Morgan fingerprint density at radius 3 is 2.58 bits per heavy atom. The summed E-state index contributed by atoms with van der Waals surface area (Å²) >= 11 is 0.